The molecule has 0 radical (unpaired) electrons. The molecule has 1 aliphatic carbocycles. The SMILES string of the molecule is C[C@@H](Sc1nnc(-c2ccccc2)n1Cc1ccc2c(c1)OCO2)C(=O)NC1(C#N)CCCCC1. The molecule has 1 atom stereocenters. The monoisotopic (exact) mass is 489 g/mol. The molecule has 5 rings (SSSR count). The van der Waals surface area contributed by atoms with E-state index in [4.69, 9.17) is 9.47 Å². The number of carbonyl (C=O) groups excluding carboxylic acids is 1. The minimum atomic E-state index is -0.764. The topological polar surface area (TPSA) is 102 Å². The lowest BCUT2D eigenvalue weighted by Crippen LogP contribution is -2.51. The summed E-state index contributed by atoms with van der Waals surface area (Å²) in [5.74, 6) is 2.01. The number of amides is 1. The Labute approximate surface area is 208 Å². The number of nitriles is 1. The van der Waals surface area contributed by atoms with Gasteiger partial charge in [0.2, 0.25) is 12.7 Å². The summed E-state index contributed by atoms with van der Waals surface area (Å²) in [6, 6.07) is 18.1. The first-order valence-electron chi connectivity index (χ1n) is 11.8. The lowest BCUT2D eigenvalue weighted by Gasteiger charge is -2.32. The average molecular weight is 490 g/mol. The largest absolute Gasteiger partial charge is 0.454 e. The highest BCUT2D eigenvalue weighted by molar-refractivity contribution is 8.00. The fraction of sp³-hybridized carbons (Fsp3) is 0.385. The minimum Gasteiger partial charge on any atom is -0.454 e. The van der Waals surface area contributed by atoms with Crippen molar-refractivity contribution < 1.29 is 14.3 Å². The van der Waals surface area contributed by atoms with Crippen molar-refractivity contribution in [2.45, 2.75) is 61.5 Å². The Morgan fingerprint density at radius 2 is 1.91 bits per heavy atom. The molecular formula is C26H27N5O3S. The Hall–Kier alpha value is -3.51. The van der Waals surface area contributed by atoms with Crippen LogP contribution in [0, 0.1) is 11.3 Å². The van der Waals surface area contributed by atoms with Crippen LogP contribution >= 0.6 is 11.8 Å². The molecule has 1 amide bonds. The van der Waals surface area contributed by atoms with Crippen LogP contribution in [0.3, 0.4) is 0 Å². The average Bonchev–Trinajstić information content (AvgIpc) is 3.52. The zero-order valence-corrected chi connectivity index (χ0v) is 20.4. The first kappa shape index (κ1) is 23.2. The molecule has 0 unspecified atom stereocenters. The predicted octanol–water partition coefficient (Wildman–Crippen LogP) is 4.55. The van der Waals surface area contributed by atoms with Crippen molar-refractivity contribution in [2.24, 2.45) is 0 Å². The van der Waals surface area contributed by atoms with Crippen molar-refractivity contribution in [1.82, 2.24) is 20.1 Å². The number of aromatic nitrogens is 3. The molecular weight excluding hydrogens is 462 g/mol. The van der Waals surface area contributed by atoms with Crippen LogP contribution < -0.4 is 14.8 Å². The van der Waals surface area contributed by atoms with E-state index >= 15 is 0 Å². The van der Waals surface area contributed by atoms with Crippen molar-refractivity contribution in [3.8, 4) is 29.0 Å². The van der Waals surface area contributed by atoms with E-state index in [0.29, 0.717) is 30.3 Å². The van der Waals surface area contributed by atoms with Crippen molar-refractivity contribution >= 4 is 17.7 Å². The molecule has 2 aliphatic rings. The molecule has 1 aromatic heterocycles. The van der Waals surface area contributed by atoms with Gasteiger partial charge in [-0.2, -0.15) is 5.26 Å². The van der Waals surface area contributed by atoms with E-state index in [2.05, 4.69) is 21.6 Å². The van der Waals surface area contributed by atoms with Gasteiger partial charge >= 0.3 is 0 Å². The molecule has 180 valence electrons. The van der Waals surface area contributed by atoms with Gasteiger partial charge < -0.3 is 14.8 Å². The third-order valence-electron chi connectivity index (χ3n) is 6.46. The second-order valence-corrected chi connectivity index (χ2v) is 10.3. The minimum absolute atomic E-state index is 0.155. The zero-order valence-electron chi connectivity index (χ0n) is 19.6. The van der Waals surface area contributed by atoms with E-state index in [0.717, 1.165) is 42.0 Å². The van der Waals surface area contributed by atoms with E-state index in [1.807, 2.05) is 60.0 Å². The Balaban J connectivity index is 1.40. The van der Waals surface area contributed by atoms with Gasteiger partial charge in [-0.05, 0) is 37.5 Å². The van der Waals surface area contributed by atoms with Gasteiger partial charge in [-0.25, -0.2) is 0 Å². The van der Waals surface area contributed by atoms with E-state index in [-0.39, 0.29) is 12.7 Å². The smallest absolute Gasteiger partial charge is 0.234 e. The maximum Gasteiger partial charge on any atom is 0.234 e. The number of nitrogens with zero attached hydrogens (tertiary/aromatic N) is 4. The number of rotatable bonds is 7. The van der Waals surface area contributed by atoms with Gasteiger partial charge in [0, 0.05) is 5.56 Å². The second kappa shape index (κ2) is 10.0. The standard InChI is InChI=1S/C26H27N5O3S/c1-18(24(32)28-26(16-27)12-6-3-7-13-26)35-25-30-29-23(20-8-4-2-5-9-20)31(25)15-19-10-11-21-22(14-19)34-17-33-21/h2,4-5,8-11,14,18H,3,6-7,12-13,15,17H2,1H3,(H,28,32)/t18-/m1/s1. The van der Waals surface area contributed by atoms with Crippen LogP contribution in [-0.4, -0.2) is 38.3 Å². The summed E-state index contributed by atoms with van der Waals surface area (Å²) < 4.78 is 13.0. The maximum atomic E-state index is 13.1. The molecule has 1 N–H and O–H groups in total. The lowest BCUT2D eigenvalue weighted by molar-refractivity contribution is -0.121. The highest BCUT2D eigenvalue weighted by Gasteiger charge is 2.35. The summed E-state index contributed by atoms with van der Waals surface area (Å²) in [7, 11) is 0. The molecule has 3 aromatic rings. The molecule has 9 heteroatoms. The molecule has 2 heterocycles. The van der Waals surface area contributed by atoms with E-state index in [1.165, 1.54) is 11.8 Å². The third kappa shape index (κ3) is 4.98. The first-order chi connectivity index (χ1) is 17.1. The van der Waals surface area contributed by atoms with Crippen LogP contribution in [0.2, 0.25) is 0 Å². The maximum absolute atomic E-state index is 13.1. The molecule has 1 fully saturated rings. The summed E-state index contributed by atoms with van der Waals surface area (Å²) in [5, 5.41) is 21.9. The molecule has 2 aromatic carbocycles. The van der Waals surface area contributed by atoms with E-state index < -0.39 is 10.8 Å². The Morgan fingerprint density at radius 3 is 2.69 bits per heavy atom. The van der Waals surface area contributed by atoms with Crippen LogP contribution in [0.1, 0.15) is 44.6 Å². The summed E-state index contributed by atoms with van der Waals surface area (Å²) >= 11 is 1.35. The summed E-state index contributed by atoms with van der Waals surface area (Å²) in [6.45, 7) is 2.57. The van der Waals surface area contributed by atoms with Crippen molar-refractivity contribution in [2.75, 3.05) is 6.79 Å². The van der Waals surface area contributed by atoms with Crippen LogP contribution in [0.25, 0.3) is 11.4 Å². The van der Waals surface area contributed by atoms with Crippen molar-refractivity contribution in [1.29, 1.82) is 5.26 Å². The van der Waals surface area contributed by atoms with E-state index in [9.17, 15) is 10.1 Å². The molecule has 1 saturated carbocycles. The van der Waals surface area contributed by atoms with Gasteiger partial charge in [0.05, 0.1) is 17.9 Å². The summed E-state index contributed by atoms with van der Waals surface area (Å²) in [6.07, 6.45) is 4.42. The molecule has 8 nitrogen and oxygen atoms in total. The number of carbonyl (C=O) groups is 1. The van der Waals surface area contributed by atoms with Crippen LogP contribution in [-0.2, 0) is 11.3 Å². The van der Waals surface area contributed by atoms with Crippen molar-refractivity contribution in [3.05, 3.63) is 54.1 Å². The van der Waals surface area contributed by atoms with Gasteiger partial charge in [0.25, 0.3) is 0 Å². The van der Waals surface area contributed by atoms with Gasteiger partial charge in [0.15, 0.2) is 22.5 Å². The van der Waals surface area contributed by atoms with E-state index in [1.54, 1.807) is 0 Å². The number of hydrogen-bond acceptors (Lipinski definition) is 7. The number of ether oxygens (including phenoxy) is 2. The fourth-order valence-electron chi connectivity index (χ4n) is 4.51. The number of benzene rings is 2. The second-order valence-electron chi connectivity index (χ2n) is 8.95. The normalized spacial score (nSPS) is 16.9. The van der Waals surface area contributed by atoms with Gasteiger partial charge in [-0.3, -0.25) is 9.36 Å². The summed E-state index contributed by atoms with van der Waals surface area (Å²) in [4.78, 5) is 13.1. The Bertz CT molecular complexity index is 1250. The fourth-order valence-corrected chi connectivity index (χ4v) is 5.36. The Kier molecular flexibility index (Phi) is 6.64. The van der Waals surface area contributed by atoms with Gasteiger partial charge in [-0.15, -0.1) is 10.2 Å². The van der Waals surface area contributed by atoms with Gasteiger partial charge in [-0.1, -0.05) is 67.4 Å². The van der Waals surface area contributed by atoms with Crippen LogP contribution in [0.5, 0.6) is 11.5 Å². The quantitative estimate of drug-likeness (QED) is 0.486. The summed E-state index contributed by atoms with van der Waals surface area (Å²) in [5.41, 5.74) is 1.19. The first-order valence-corrected chi connectivity index (χ1v) is 12.7. The number of fused-ring (bicyclic) bond motifs is 1. The zero-order chi connectivity index (χ0) is 24.3. The highest BCUT2D eigenvalue weighted by Crippen LogP contribution is 2.34. The molecule has 0 spiro atoms. The van der Waals surface area contributed by atoms with Crippen molar-refractivity contribution in [3.63, 3.8) is 0 Å². The molecule has 0 bridgehead atoms. The highest BCUT2D eigenvalue weighted by atomic mass is 32.2. The predicted molar refractivity (Wildman–Crippen MR) is 132 cm³/mol. The van der Waals surface area contributed by atoms with Crippen LogP contribution in [0.15, 0.2) is 53.7 Å². The lowest BCUT2D eigenvalue weighted by atomic mass is 9.83. The van der Waals surface area contributed by atoms with Gasteiger partial charge in [0.1, 0.15) is 5.54 Å². The number of thioether (sulfide) groups is 1. The third-order valence-corrected chi connectivity index (χ3v) is 7.54. The van der Waals surface area contributed by atoms with Crippen LogP contribution in [0.4, 0.5) is 0 Å². The molecule has 0 saturated heterocycles. The Morgan fingerprint density at radius 1 is 1.14 bits per heavy atom. The number of nitrogens with one attached hydrogen (secondary N) is 1. The molecule has 35 heavy (non-hydrogen) atoms. The number of hydrogen-bond donors (Lipinski definition) is 1. The molecule has 1 aliphatic heterocycles.